The molecule has 1 N–H and O–H groups in total. The number of hydrogen-bond acceptors (Lipinski definition) is 3. The molecular formula is C17H22N2S. The predicted octanol–water partition coefficient (Wildman–Crippen LogP) is 4.36. The van der Waals surface area contributed by atoms with Gasteiger partial charge in [-0.05, 0) is 45.1 Å². The van der Waals surface area contributed by atoms with Gasteiger partial charge in [-0.25, -0.2) is 4.98 Å². The SMILES string of the molecule is Cc1nc(C)c(C(C)NC2CC(c3ccccc3)C2)s1. The monoisotopic (exact) mass is 286 g/mol. The fourth-order valence-corrected chi connectivity index (χ4v) is 4.07. The summed E-state index contributed by atoms with van der Waals surface area (Å²) in [5.41, 5.74) is 2.68. The summed E-state index contributed by atoms with van der Waals surface area (Å²) in [5.74, 6) is 0.741. The zero-order valence-electron chi connectivity index (χ0n) is 12.4. The van der Waals surface area contributed by atoms with E-state index in [0.29, 0.717) is 12.1 Å². The molecule has 1 aliphatic rings. The minimum absolute atomic E-state index is 0.419. The molecule has 0 spiro atoms. The number of rotatable bonds is 4. The molecule has 0 saturated heterocycles. The third-order valence-corrected chi connectivity index (χ3v) is 5.48. The summed E-state index contributed by atoms with van der Waals surface area (Å²) >= 11 is 1.82. The number of hydrogen-bond donors (Lipinski definition) is 1. The first-order valence-corrected chi connectivity index (χ1v) is 8.20. The second kappa shape index (κ2) is 5.66. The van der Waals surface area contributed by atoms with Gasteiger partial charge in [-0.2, -0.15) is 0 Å². The summed E-state index contributed by atoms with van der Waals surface area (Å²) in [5, 5.41) is 4.93. The van der Waals surface area contributed by atoms with Gasteiger partial charge in [-0.15, -0.1) is 11.3 Å². The van der Waals surface area contributed by atoms with Crippen LogP contribution in [0.25, 0.3) is 0 Å². The summed E-state index contributed by atoms with van der Waals surface area (Å²) in [6, 6.07) is 11.9. The lowest BCUT2D eigenvalue weighted by Gasteiger charge is -2.38. The van der Waals surface area contributed by atoms with Crippen LogP contribution in [0.5, 0.6) is 0 Å². The van der Waals surface area contributed by atoms with Gasteiger partial charge < -0.3 is 5.32 Å². The number of aromatic nitrogens is 1. The third kappa shape index (κ3) is 2.79. The minimum atomic E-state index is 0.419. The van der Waals surface area contributed by atoms with Crippen LogP contribution in [0, 0.1) is 13.8 Å². The molecule has 0 amide bonds. The normalized spacial score (nSPS) is 23.4. The number of nitrogens with zero attached hydrogens (tertiary/aromatic N) is 1. The van der Waals surface area contributed by atoms with Crippen LogP contribution in [0.15, 0.2) is 30.3 Å². The van der Waals surface area contributed by atoms with E-state index >= 15 is 0 Å². The van der Waals surface area contributed by atoms with E-state index in [1.807, 2.05) is 11.3 Å². The molecule has 1 unspecified atom stereocenters. The van der Waals surface area contributed by atoms with Crippen LogP contribution >= 0.6 is 11.3 Å². The maximum absolute atomic E-state index is 4.52. The van der Waals surface area contributed by atoms with E-state index in [2.05, 4.69) is 61.4 Å². The van der Waals surface area contributed by atoms with E-state index in [9.17, 15) is 0 Å². The molecule has 1 fully saturated rings. The fraction of sp³-hybridized carbons (Fsp3) is 0.471. The molecule has 1 aromatic carbocycles. The molecule has 1 aliphatic carbocycles. The lowest BCUT2D eigenvalue weighted by atomic mass is 9.75. The first-order valence-electron chi connectivity index (χ1n) is 7.38. The first kappa shape index (κ1) is 13.8. The molecule has 0 radical (unpaired) electrons. The van der Waals surface area contributed by atoms with Crippen LogP contribution < -0.4 is 5.32 Å². The molecule has 2 aromatic rings. The molecule has 3 rings (SSSR count). The van der Waals surface area contributed by atoms with Gasteiger partial charge in [0, 0.05) is 17.0 Å². The lowest BCUT2D eigenvalue weighted by Crippen LogP contribution is -2.41. The van der Waals surface area contributed by atoms with Gasteiger partial charge >= 0.3 is 0 Å². The quantitative estimate of drug-likeness (QED) is 0.903. The van der Waals surface area contributed by atoms with Crippen LogP contribution in [0.4, 0.5) is 0 Å². The van der Waals surface area contributed by atoms with Crippen LogP contribution in [0.1, 0.15) is 52.9 Å². The van der Waals surface area contributed by atoms with E-state index in [4.69, 9.17) is 0 Å². The zero-order chi connectivity index (χ0) is 14.1. The molecule has 1 heterocycles. The summed E-state index contributed by atoms with van der Waals surface area (Å²) in [7, 11) is 0. The van der Waals surface area contributed by atoms with Gasteiger partial charge in [-0.3, -0.25) is 0 Å². The van der Waals surface area contributed by atoms with E-state index in [1.54, 1.807) is 0 Å². The van der Waals surface area contributed by atoms with Crippen LogP contribution in [-0.4, -0.2) is 11.0 Å². The Bertz CT molecular complexity index is 570. The van der Waals surface area contributed by atoms with Crippen molar-refractivity contribution in [3.63, 3.8) is 0 Å². The van der Waals surface area contributed by atoms with Crippen molar-refractivity contribution in [1.82, 2.24) is 10.3 Å². The highest BCUT2D eigenvalue weighted by Gasteiger charge is 2.31. The van der Waals surface area contributed by atoms with Crippen molar-refractivity contribution in [2.24, 2.45) is 0 Å². The van der Waals surface area contributed by atoms with Gasteiger partial charge in [-0.1, -0.05) is 30.3 Å². The summed E-state index contributed by atoms with van der Waals surface area (Å²) < 4.78 is 0. The highest BCUT2D eigenvalue weighted by Crippen LogP contribution is 2.38. The largest absolute Gasteiger partial charge is 0.307 e. The summed E-state index contributed by atoms with van der Waals surface area (Å²) in [4.78, 5) is 5.92. The van der Waals surface area contributed by atoms with E-state index in [-0.39, 0.29) is 0 Å². The Kier molecular flexibility index (Phi) is 3.90. The van der Waals surface area contributed by atoms with Crippen molar-refractivity contribution in [2.75, 3.05) is 0 Å². The van der Waals surface area contributed by atoms with Crippen molar-refractivity contribution in [2.45, 2.75) is 51.6 Å². The first-order chi connectivity index (χ1) is 9.63. The van der Waals surface area contributed by atoms with E-state index < -0.39 is 0 Å². The molecule has 1 atom stereocenters. The van der Waals surface area contributed by atoms with E-state index in [1.165, 1.54) is 34.0 Å². The van der Waals surface area contributed by atoms with Crippen LogP contribution in [0.2, 0.25) is 0 Å². The van der Waals surface area contributed by atoms with Crippen molar-refractivity contribution >= 4 is 11.3 Å². The lowest BCUT2D eigenvalue weighted by molar-refractivity contribution is 0.271. The highest BCUT2D eigenvalue weighted by atomic mass is 32.1. The zero-order valence-corrected chi connectivity index (χ0v) is 13.2. The molecule has 106 valence electrons. The number of benzene rings is 1. The number of nitrogens with one attached hydrogen (secondary N) is 1. The number of aryl methyl sites for hydroxylation is 2. The average molecular weight is 286 g/mol. The standard InChI is InChI=1S/C17H22N2S/c1-11-17(20-13(3)18-11)12(2)19-16-9-15(10-16)14-7-5-4-6-8-14/h4-8,12,15-16,19H,9-10H2,1-3H3. The Morgan fingerprint density at radius 2 is 1.90 bits per heavy atom. The predicted molar refractivity (Wildman–Crippen MR) is 85.3 cm³/mol. The summed E-state index contributed by atoms with van der Waals surface area (Å²) in [6.45, 7) is 6.46. The van der Waals surface area contributed by atoms with Crippen molar-refractivity contribution in [1.29, 1.82) is 0 Å². The van der Waals surface area contributed by atoms with Gasteiger partial charge in [0.1, 0.15) is 0 Å². The van der Waals surface area contributed by atoms with Gasteiger partial charge in [0.05, 0.1) is 10.7 Å². The molecule has 2 nitrogen and oxygen atoms in total. The van der Waals surface area contributed by atoms with Crippen molar-refractivity contribution in [3.05, 3.63) is 51.5 Å². The van der Waals surface area contributed by atoms with Crippen LogP contribution in [0.3, 0.4) is 0 Å². The maximum atomic E-state index is 4.52. The average Bonchev–Trinajstić information content (AvgIpc) is 2.73. The molecule has 3 heteroatoms. The second-order valence-corrected chi connectivity index (χ2v) is 7.08. The van der Waals surface area contributed by atoms with E-state index in [0.717, 1.165) is 5.92 Å². The van der Waals surface area contributed by atoms with Crippen molar-refractivity contribution in [3.8, 4) is 0 Å². The van der Waals surface area contributed by atoms with Gasteiger partial charge in [0.15, 0.2) is 0 Å². The van der Waals surface area contributed by atoms with Gasteiger partial charge in [0.25, 0.3) is 0 Å². The maximum Gasteiger partial charge on any atom is 0.0900 e. The molecule has 0 bridgehead atoms. The Balaban J connectivity index is 1.55. The topological polar surface area (TPSA) is 24.9 Å². The Labute approximate surface area is 125 Å². The second-order valence-electron chi connectivity index (χ2n) is 5.85. The van der Waals surface area contributed by atoms with Crippen molar-refractivity contribution < 1.29 is 0 Å². The smallest absolute Gasteiger partial charge is 0.0900 e. The molecule has 0 aliphatic heterocycles. The van der Waals surface area contributed by atoms with Gasteiger partial charge in [0.2, 0.25) is 0 Å². The minimum Gasteiger partial charge on any atom is -0.307 e. The van der Waals surface area contributed by atoms with Crippen LogP contribution in [-0.2, 0) is 0 Å². The fourth-order valence-electron chi connectivity index (χ4n) is 3.13. The Morgan fingerprint density at radius 3 is 2.50 bits per heavy atom. The summed E-state index contributed by atoms with van der Waals surface area (Å²) in [6.07, 6.45) is 2.51. The molecule has 1 saturated carbocycles. The Morgan fingerprint density at radius 1 is 1.20 bits per heavy atom. The molecule has 20 heavy (non-hydrogen) atoms. The Hall–Kier alpha value is -1.19. The number of thiazole rings is 1. The highest BCUT2D eigenvalue weighted by molar-refractivity contribution is 7.11. The molecule has 1 aromatic heterocycles. The molecular weight excluding hydrogens is 264 g/mol. The third-order valence-electron chi connectivity index (χ3n) is 4.23.